The maximum atomic E-state index is 12.2. The van der Waals surface area contributed by atoms with Crippen LogP contribution in [0, 0.1) is 0 Å². The van der Waals surface area contributed by atoms with E-state index in [1.54, 1.807) is 8.61 Å². The van der Waals surface area contributed by atoms with E-state index in [-0.39, 0.29) is 0 Å². The number of hydrogen-bond donors (Lipinski definition) is 0. The molecule has 5 heteroatoms. The molecule has 1 saturated heterocycles. The Labute approximate surface area is 93.4 Å². The quantitative estimate of drug-likeness (QED) is 0.698. The van der Waals surface area contributed by atoms with Crippen LogP contribution in [-0.2, 0) is 10.2 Å². The largest absolute Gasteiger partial charge is 0.281 e. The molecule has 0 bridgehead atoms. The van der Waals surface area contributed by atoms with E-state index in [1.807, 2.05) is 13.8 Å². The van der Waals surface area contributed by atoms with Crippen molar-refractivity contribution in [2.75, 3.05) is 26.2 Å². The molecule has 1 fully saturated rings. The van der Waals surface area contributed by atoms with Gasteiger partial charge in [-0.05, 0) is 25.7 Å². The molecular weight excluding hydrogens is 212 g/mol. The van der Waals surface area contributed by atoms with E-state index in [2.05, 4.69) is 0 Å². The average Bonchev–Trinajstić information content (AvgIpc) is 2.70. The summed E-state index contributed by atoms with van der Waals surface area (Å²) in [6, 6.07) is 0. The molecule has 90 valence electrons. The van der Waals surface area contributed by atoms with Crippen LogP contribution < -0.4 is 0 Å². The summed E-state index contributed by atoms with van der Waals surface area (Å²) in [6.45, 7) is 6.72. The summed E-state index contributed by atoms with van der Waals surface area (Å²) in [5, 5.41) is 0. The first kappa shape index (κ1) is 12.9. The van der Waals surface area contributed by atoms with Gasteiger partial charge in [-0.3, -0.25) is 0 Å². The summed E-state index contributed by atoms with van der Waals surface area (Å²) < 4.78 is 27.6. The molecular formula is C10H22N2O2S. The van der Waals surface area contributed by atoms with Gasteiger partial charge < -0.3 is 0 Å². The summed E-state index contributed by atoms with van der Waals surface area (Å²) >= 11 is 0. The summed E-state index contributed by atoms with van der Waals surface area (Å²) in [5.41, 5.74) is 0. The minimum Gasteiger partial charge on any atom is -0.195 e. The Bertz CT molecular complexity index is 265. The fourth-order valence-corrected chi connectivity index (χ4v) is 3.80. The SMILES string of the molecule is CCCN(CCC)S(=O)(=O)N1CCCC1. The predicted molar refractivity (Wildman–Crippen MR) is 61.9 cm³/mol. The highest BCUT2D eigenvalue weighted by Crippen LogP contribution is 2.16. The third-order valence-corrected chi connectivity index (χ3v) is 4.70. The Kier molecular flexibility index (Phi) is 5.02. The number of rotatable bonds is 6. The highest BCUT2D eigenvalue weighted by atomic mass is 32.2. The molecule has 0 radical (unpaired) electrons. The van der Waals surface area contributed by atoms with E-state index in [0.29, 0.717) is 26.2 Å². The summed E-state index contributed by atoms with van der Waals surface area (Å²) in [6.07, 6.45) is 3.77. The average molecular weight is 234 g/mol. The van der Waals surface area contributed by atoms with Crippen LogP contribution in [0.1, 0.15) is 39.5 Å². The number of nitrogens with zero attached hydrogens (tertiary/aromatic N) is 2. The minimum absolute atomic E-state index is 0.646. The third kappa shape index (κ3) is 3.16. The smallest absolute Gasteiger partial charge is 0.195 e. The molecule has 4 nitrogen and oxygen atoms in total. The highest BCUT2D eigenvalue weighted by molar-refractivity contribution is 7.86. The van der Waals surface area contributed by atoms with E-state index in [9.17, 15) is 8.42 Å². The zero-order valence-electron chi connectivity index (χ0n) is 9.78. The normalized spacial score (nSPS) is 18.9. The third-order valence-electron chi connectivity index (χ3n) is 2.66. The van der Waals surface area contributed by atoms with E-state index >= 15 is 0 Å². The molecule has 15 heavy (non-hydrogen) atoms. The van der Waals surface area contributed by atoms with Crippen molar-refractivity contribution in [3.8, 4) is 0 Å². The Morgan fingerprint density at radius 2 is 1.53 bits per heavy atom. The van der Waals surface area contributed by atoms with Crippen LogP contribution in [0.15, 0.2) is 0 Å². The first-order chi connectivity index (χ1) is 7.12. The molecule has 1 heterocycles. The minimum atomic E-state index is -3.16. The molecule has 0 saturated carbocycles. The first-order valence-electron chi connectivity index (χ1n) is 5.88. The van der Waals surface area contributed by atoms with Gasteiger partial charge in [0, 0.05) is 26.2 Å². The van der Waals surface area contributed by atoms with Crippen LogP contribution >= 0.6 is 0 Å². The van der Waals surface area contributed by atoms with Gasteiger partial charge >= 0.3 is 0 Å². The van der Waals surface area contributed by atoms with Gasteiger partial charge in [-0.2, -0.15) is 17.0 Å². The second kappa shape index (κ2) is 5.82. The zero-order valence-corrected chi connectivity index (χ0v) is 10.6. The van der Waals surface area contributed by atoms with E-state index in [1.165, 1.54) is 0 Å². The van der Waals surface area contributed by atoms with Crippen molar-refractivity contribution in [3.05, 3.63) is 0 Å². The summed E-state index contributed by atoms with van der Waals surface area (Å²) in [5.74, 6) is 0. The summed E-state index contributed by atoms with van der Waals surface area (Å²) in [4.78, 5) is 0. The van der Waals surface area contributed by atoms with Crippen molar-refractivity contribution >= 4 is 10.2 Å². The molecule has 0 aromatic heterocycles. The fraction of sp³-hybridized carbons (Fsp3) is 1.00. The van der Waals surface area contributed by atoms with Crippen LogP contribution in [0.5, 0.6) is 0 Å². The highest BCUT2D eigenvalue weighted by Gasteiger charge is 2.30. The van der Waals surface area contributed by atoms with Gasteiger partial charge in [-0.15, -0.1) is 0 Å². The second-order valence-corrected chi connectivity index (χ2v) is 5.94. The molecule has 0 aromatic carbocycles. The van der Waals surface area contributed by atoms with Crippen LogP contribution in [0.4, 0.5) is 0 Å². The van der Waals surface area contributed by atoms with Gasteiger partial charge in [0.25, 0.3) is 10.2 Å². The lowest BCUT2D eigenvalue weighted by Gasteiger charge is -2.26. The van der Waals surface area contributed by atoms with Gasteiger partial charge in [0.15, 0.2) is 0 Å². The van der Waals surface area contributed by atoms with Gasteiger partial charge in [-0.25, -0.2) is 0 Å². The molecule has 0 atom stereocenters. The maximum absolute atomic E-state index is 12.2. The molecule has 0 unspecified atom stereocenters. The van der Waals surface area contributed by atoms with Crippen molar-refractivity contribution in [1.82, 2.24) is 8.61 Å². The predicted octanol–water partition coefficient (Wildman–Crippen LogP) is 1.45. The van der Waals surface area contributed by atoms with Crippen molar-refractivity contribution in [2.45, 2.75) is 39.5 Å². The van der Waals surface area contributed by atoms with Gasteiger partial charge in [-0.1, -0.05) is 13.8 Å². The van der Waals surface area contributed by atoms with Crippen molar-refractivity contribution in [2.24, 2.45) is 0 Å². The first-order valence-corrected chi connectivity index (χ1v) is 7.27. The lowest BCUT2D eigenvalue weighted by Crippen LogP contribution is -2.43. The van der Waals surface area contributed by atoms with Crippen molar-refractivity contribution < 1.29 is 8.42 Å². The summed E-state index contributed by atoms with van der Waals surface area (Å²) in [7, 11) is -3.16. The van der Waals surface area contributed by atoms with Gasteiger partial charge in [0.05, 0.1) is 0 Å². The number of hydrogen-bond acceptors (Lipinski definition) is 2. The van der Waals surface area contributed by atoms with Crippen LogP contribution in [0.3, 0.4) is 0 Å². The Morgan fingerprint density at radius 1 is 1.07 bits per heavy atom. The van der Waals surface area contributed by atoms with Crippen LogP contribution in [0.2, 0.25) is 0 Å². The molecule has 0 aromatic rings. The van der Waals surface area contributed by atoms with E-state index in [4.69, 9.17) is 0 Å². The zero-order chi connectivity index (χ0) is 11.3. The van der Waals surface area contributed by atoms with Crippen LogP contribution in [-0.4, -0.2) is 43.2 Å². The van der Waals surface area contributed by atoms with Crippen molar-refractivity contribution in [3.63, 3.8) is 0 Å². The van der Waals surface area contributed by atoms with Gasteiger partial charge in [0.2, 0.25) is 0 Å². The maximum Gasteiger partial charge on any atom is 0.281 e. The molecule has 0 N–H and O–H groups in total. The van der Waals surface area contributed by atoms with Gasteiger partial charge in [0.1, 0.15) is 0 Å². The second-order valence-electron chi connectivity index (χ2n) is 4.01. The molecule has 0 aliphatic carbocycles. The lowest BCUT2D eigenvalue weighted by atomic mass is 10.4. The molecule has 1 aliphatic rings. The fourth-order valence-electron chi connectivity index (χ4n) is 1.92. The molecule has 0 spiro atoms. The van der Waals surface area contributed by atoms with Crippen molar-refractivity contribution in [1.29, 1.82) is 0 Å². The Balaban J connectivity index is 2.70. The standard InChI is InChI=1S/C10H22N2O2S/c1-3-7-11(8-4-2)15(13,14)12-9-5-6-10-12/h3-10H2,1-2H3. The molecule has 1 rings (SSSR count). The lowest BCUT2D eigenvalue weighted by molar-refractivity contribution is 0.359. The Morgan fingerprint density at radius 3 is 1.93 bits per heavy atom. The molecule has 1 aliphatic heterocycles. The van der Waals surface area contributed by atoms with E-state index in [0.717, 1.165) is 25.7 Å². The van der Waals surface area contributed by atoms with E-state index < -0.39 is 10.2 Å². The topological polar surface area (TPSA) is 40.6 Å². The van der Waals surface area contributed by atoms with Crippen LogP contribution in [0.25, 0.3) is 0 Å². The monoisotopic (exact) mass is 234 g/mol. The molecule has 0 amide bonds. The Hall–Kier alpha value is -0.130.